The van der Waals surface area contributed by atoms with Crippen LogP contribution >= 0.6 is 0 Å². The summed E-state index contributed by atoms with van der Waals surface area (Å²) in [5.74, 6) is 0.615. The second-order valence-electron chi connectivity index (χ2n) is 6.67. The van der Waals surface area contributed by atoms with E-state index >= 15 is 0 Å². The fourth-order valence-corrected chi connectivity index (χ4v) is 4.03. The summed E-state index contributed by atoms with van der Waals surface area (Å²) in [5.41, 5.74) is 0.455. The van der Waals surface area contributed by atoms with Crippen LogP contribution in [0.3, 0.4) is 0 Å². The standard InChI is InChI=1S/C15H26N2O2/c1-19-13-4-2-3-12(9-13)14(18)17-10-15(11-17)5-7-16-8-6-15/h12-13,16H,2-11H2,1H3. The van der Waals surface area contributed by atoms with E-state index in [-0.39, 0.29) is 5.92 Å². The van der Waals surface area contributed by atoms with Gasteiger partial charge >= 0.3 is 0 Å². The highest BCUT2D eigenvalue weighted by Crippen LogP contribution is 2.40. The first-order valence-electron chi connectivity index (χ1n) is 7.75. The first-order chi connectivity index (χ1) is 9.22. The summed E-state index contributed by atoms with van der Waals surface area (Å²) in [6.07, 6.45) is 7.03. The average Bonchev–Trinajstić information content (AvgIpc) is 2.45. The number of nitrogens with one attached hydrogen (secondary N) is 1. The molecule has 4 nitrogen and oxygen atoms in total. The van der Waals surface area contributed by atoms with Crippen LogP contribution in [0.1, 0.15) is 38.5 Å². The molecule has 4 heteroatoms. The van der Waals surface area contributed by atoms with Gasteiger partial charge in [0, 0.05) is 31.5 Å². The van der Waals surface area contributed by atoms with Crippen molar-refractivity contribution in [3.8, 4) is 0 Å². The van der Waals surface area contributed by atoms with Gasteiger partial charge in [0.25, 0.3) is 0 Å². The van der Waals surface area contributed by atoms with Crippen molar-refractivity contribution in [3.05, 3.63) is 0 Å². The number of amides is 1. The third kappa shape index (κ3) is 2.65. The number of likely N-dealkylation sites (tertiary alicyclic amines) is 1. The average molecular weight is 266 g/mol. The molecule has 0 bridgehead atoms. The number of ether oxygens (including phenoxy) is 1. The molecular formula is C15H26N2O2. The van der Waals surface area contributed by atoms with Crippen molar-refractivity contribution >= 4 is 5.91 Å². The van der Waals surface area contributed by atoms with Gasteiger partial charge in [0.1, 0.15) is 0 Å². The maximum absolute atomic E-state index is 12.5. The van der Waals surface area contributed by atoms with Gasteiger partial charge in [0.05, 0.1) is 6.10 Å². The Morgan fingerprint density at radius 1 is 1.26 bits per heavy atom. The van der Waals surface area contributed by atoms with Gasteiger partial charge in [-0.05, 0) is 45.2 Å². The summed E-state index contributed by atoms with van der Waals surface area (Å²) in [7, 11) is 1.77. The lowest BCUT2D eigenvalue weighted by atomic mass is 9.71. The van der Waals surface area contributed by atoms with E-state index in [1.54, 1.807) is 7.11 Å². The maximum Gasteiger partial charge on any atom is 0.225 e. The van der Waals surface area contributed by atoms with E-state index in [4.69, 9.17) is 4.74 Å². The van der Waals surface area contributed by atoms with Gasteiger partial charge < -0.3 is 15.0 Å². The van der Waals surface area contributed by atoms with E-state index in [1.807, 2.05) is 0 Å². The number of methoxy groups -OCH3 is 1. The minimum atomic E-state index is 0.220. The van der Waals surface area contributed by atoms with Gasteiger partial charge in [-0.2, -0.15) is 0 Å². The number of rotatable bonds is 2. The molecule has 1 aliphatic carbocycles. The van der Waals surface area contributed by atoms with Crippen LogP contribution in [0.15, 0.2) is 0 Å². The molecule has 108 valence electrons. The zero-order chi connectivity index (χ0) is 13.3. The van der Waals surface area contributed by atoms with Crippen LogP contribution in [0.4, 0.5) is 0 Å². The molecule has 3 aliphatic rings. The Labute approximate surface area is 115 Å². The summed E-state index contributed by atoms with van der Waals surface area (Å²) in [6, 6.07) is 0. The van der Waals surface area contributed by atoms with Crippen LogP contribution in [-0.4, -0.2) is 50.2 Å². The topological polar surface area (TPSA) is 41.6 Å². The van der Waals surface area contributed by atoms with Crippen LogP contribution in [0.25, 0.3) is 0 Å². The third-order valence-electron chi connectivity index (χ3n) is 5.34. The molecular weight excluding hydrogens is 240 g/mol. The molecule has 3 rings (SSSR count). The molecule has 2 aliphatic heterocycles. The monoisotopic (exact) mass is 266 g/mol. The molecule has 0 aromatic carbocycles. The molecule has 2 atom stereocenters. The summed E-state index contributed by atoms with van der Waals surface area (Å²) in [6.45, 7) is 4.25. The molecule has 2 saturated heterocycles. The minimum Gasteiger partial charge on any atom is -0.381 e. The van der Waals surface area contributed by atoms with E-state index < -0.39 is 0 Å². The van der Waals surface area contributed by atoms with Crippen LogP contribution in [0, 0.1) is 11.3 Å². The Morgan fingerprint density at radius 2 is 2.00 bits per heavy atom. The van der Waals surface area contributed by atoms with Crippen LogP contribution < -0.4 is 5.32 Å². The second kappa shape index (κ2) is 5.41. The van der Waals surface area contributed by atoms with Crippen molar-refractivity contribution in [1.29, 1.82) is 0 Å². The lowest BCUT2D eigenvalue weighted by Crippen LogP contribution is -2.62. The molecule has 19 heavy (non-hydrogen) atoms. The number of nitrogens with zero attached hydrogens (tertiary/aromatic N) is 1. The van der Waals surface area contributed by atoms with Crippen LogP contribution in [0.2, 0.25) is 0 Å². The van der Waals surface area contributed by atoms with E-state index in [1.165, 1.54) is 12.8 Å². The first-order valence-corrected chi connectivity index (χ1v) is 7.75. The molecule has 1 spiro atoms. The fourth-order valence-electron chi connectivity index (χ4n) is 4.03. The van der Waals surface area contributed by atoms with Gasteiger partial charge in [-0.1, -0.05) is 6.42 Å². The minimum absolute atomic E-state index is 0.220. The molecule has 2 heterocycles. The Bertz CT molecular complexity index is 331. The lowest BCUT2D eigenvalue weighted by molar-refractivity contribution is -0.152. The van der Waals surface area contributed by atoms with Crippen molar-refractivity contribution in [2.75, 3.05) is 33.3 Å². The van der Waals surface area contributed by atoms with Crippen LogP contribution in [0.5, 0.6) is 0 Å². The predicted octanol–water partition coefficient (Wildman–Crippen LogP) is 1.40. The molecule has 1 saturated carbocycles. The number of carbonyl (C=O) groups is 1. The molecule has 2 unspecified atom stereocenters. The van der Waals surface area contributed by atoms with Crippen molar-refractivity contribution in [3.63, 3.8) is 0 Å². The zero-order valence-electron chi connectivity index (χ0n) is 12.0. The van der Waals surface area contributed by atoms with Crippen molar-refractivity contribution in [2.24, 2.45) is 11.3 Å². The highest BCUT2D eigenvalue weighted by atomic mass is 16.5. The Kier molecular flexibility index (Phi) is 3.81. The molecule has 0 aromatic heterocycles. The van der Waals surface area contributed by atoms with E-state index in [0.29, 0.717) is 17.4 Å². The van der Waals surface area contributed by atoms with E-state index in [9.17, 15) is 4.79 Å². The van der Waals surface area contributed by atoms with Crippen molar-refractivity contribution < 1.29 is 9.53 Å². The highest BCUT2D eigenvalue weighted by Gasteiger charge is 2.46. The Hall–Kier alpha value is -0.610. The zero-order valence-corrected chi connectivity index (χ0v) is 12.0. The van der Waals surface area contributed by atoms with Crippen LogP contribution in [-0.2, 0) is 9.53 Å². The van der Waals surface area contributed by atoms with Gasteiger partial charge in [-0.15, -0.1) is 0 Å². The largest absolute Gasteiger partial charge is 0.381 e. The molecule has 0 aromatic rings. The number of piperidine rings is 1. The lowest BCUT2D eigenvalue weighted by Gasteiger charge is -2.53. The highest BCUT2D eigenvalue weighted by molar-refractivity contribution is 5.80. The van der Waals surface area contributed by atoms with Gasteiger partial charge in [0.15, 0.2) is 0 Å². The maximum atomic E-state index is 12.5. The summed E-state index contributed by atoms with van der Waals surface area (Å²) < 4.78 is 5.43. The summed E-state index contributed by atoms with van der Waals surface area (Å²) in [5, 5.41) is 3.41. The molecule has 3 fully saturated rings. The predicted molar refractivity (Wildman–Crippen MR) is 73.9 cm³/mol. The SMILES string of the molecule is COC1CCCC(C(=O)N2CC3(CCNCC3)C2)C1. The van der Waals surface area contributed by atoms with E-state index in [2.05, 4.69) is 10.2 Å². The number of carbonyl (C=O) groups excluding carboxylic acids is 1. The fraction of sp³-hybridized carbons (Fsp3) is 0.933. The Morgan fingerprint density at radius 3 is 2.68 bits per heavy atom. The normalized spacial score (nSPS) is 34.1. The van der Waals surface area contributed by atoms with Gasteiger partial charge in [0.2, 0.25) is 5.91 Å². The number of hydrogen-bond acceptors (Lipinski definition) is 3. The third-order valence-corrected chi connectivity index (χ3v) is 5.34. The molecule has 0 radical (unpaired) electrons. The summed E-state index contributed by atoms with van der Waals surface area (Å²) >= 11 is 0. The first kappa shape index (κ1) is 13.4. The smallest absolute Gasteiger partial charge is 0.225 e. The van der Waals surface area contributed by atoms with E-state index in [0.717, 1.165) is 51.9 Å². The molecule has 1 amide bonds. The van der Waals surface area contributed by atoms with Crippen molar-refractivity contribution in [2.45, 2.75) is 44.6 Å². The quantitative estimate of drug-likeness (QED) is 0.821. The van der Waals surface area contributed by atoms with Gasteiger partial charge in [-0.25, -0.2) is 0 Å². The summed E-state index contributed by atoms with van der Waals surface area (Å²) in [4.78, 5) is 14.6. The van der Waals surface area contributed by atoms with Crippen molar-refractivity contribution in [1.82, 2.24) is 10.2 Å². The van der Waals surface area contributed by atoms with Gasteiger partial charge in [-0.3, -0.25) is 4.79 Å². The molecule has 1 N–H and O–H groups in total. The number of hydrogen-bond donors (Lipinski definition) is 1. The Balaban J connectivity index is 1.52. The second-order valence-corrected chi connectivity index (χ2v) is 6.67.